The van der Waals surface area contributed by atoms with Crippen LogP contribution in [0, 0.1) is 11.3 Å². The Hall–Kier alpha value is -0.130. The number of hydrogen-bond donors (Lipinski definition) is 1. The fourth-order valence-electron chi connectivity index (χ4n) is 3.44. The highest BCUT2D eigenvalue weighted by Gasteiger charge is 2.69. The lowest BCUT2D eigenvalue weighted by Crippen LogP contribution is -2.44. The smallest absolute Gasteiger partial charge is 0.271 e. The van der Waals surface area contributed by atoms with E-state index in [4.69, 9.17) is 9.92 Å². The Morgan fingerprint density at radius 2 is 2.23 bits per heavy atom. The van der Waals surface area contributed by atoms with E-state index in [0.29, 0.717) is 12.3 Å². The summed E-state index contributed by atoms with van der Waals surface area (Å²) in [5.74, 6) is 0.359. The first kappa shape index (κ1) is 8.20. The molecule has 5 unspecified atom stereocenters. The molecule has 3 rings (SSSR count). The highest BCUT2D eigenvalue weighted by atomic mass is 32.2. The molecular weight excluding hydrogens is 190 g/mol. The molecule has 0 aromatic rings. The largest absolute Gasteiger partial charge is 0.325 e. The van der Waals surface area contributed by atoms with Gasteiger partial charge in [0.05, 0.1) is 11.4 Å². The van der Waals surface area contributed by atoms with Crippen LogP contribution < -0.4 is 5.73 Å². The average Bonchev–Trinajstić information content (AvgIpc) is 2.49. The summed E-state index contributed by atoms with van der Waals surface area (Å²) in [6, 6.07) is -0.0708. The molecule has 0 aromatic carbocycles. The number of nitrogens with two attached hydrogens (primary N) is 1. The van der Waals surface area contributed by atoms with E-state index < -0.39 is 10.1 Å². The molecule has 2 bridgehead atoms. The van der Waals surface area contributed by atoms with Crippen LogP contribution in [0.3, 0.4) is 0 Å². The Morgan fingerprint density at radius 3 is 2.77 bits per heavy atom. The first-order valence-corrected chi connectivity index (χ1v) is 6.10. The molecule has 1 saturated heterocycles. The summed E-state index contributed by atoms with van der Waals surface area (Å²) in [6.45, 7) is 2.00. The van der Waals surface area contributed by atoms with E-state index in [1.165, 1.54) is 0 Å². The lowest BCUT2D eigenvalue weighted by Gasteiger charge is -2.27. The van der Waals surface area contributed by atoms with Crippen molar-refractivity contribution in [2.24, 2.45) is 17.1 Å². The maximum Gasteiger partial charge on any atom is 0.271 e. The normalized spacial score (nSPS) is 61.7. The maximum atomic E-state index is 11.6. The topological polar surface area (TPSA) is 69.4 Å². The Morgan fingerprint density at radius 1 is 1.54 bits per heavy atom. The van der Waals surface area contributed by atoms with Gasteiger partial charge in [-0.05, 0) is 18.8 Å². The summed E-state index contributed by atoms with van der Waals surface area (Å²) >= 11 is 0. The molecule has 74 valence electrons. The van der Waals surface area contributed by atoms with Crippen molar-refractivity contribution in [3.05, 3.63) is 0 Å². The fraction of sp³-hybridized carbons (Fsp3) is 1.00. The van der Waals surface area contributed by atoms with E-state index in [-0.39, 0.29) is 22.8 Å². The summed E-state index contributed by atoms with van der Waals surface area (Å²) in [4.78, 5) is 0. The molecule has 2 N–H and O–H groups in total. The standard InChI is InChI=1S/C8H13NO3S/c1-8-3-4-2-5(8)13(10,11)12-7(8)6(4)9/h4-7H,2-3,9H2,1H3. The first-order chi connectivity index (χ1) is 5.95. The Balaban J connectivity index is 2.18. The molecule has 0 radical (unpaired) electrons. The lowest BCUT2D eigenvalue weighted by atomic mass is 9.82. The Bertz CT molecular complexity index is 366. The van der Waals surface area contributed by atoms with Gasteiger partial charge in [0.2, 0.25) is 0 Å². The number of hydrogen-bond acceptors (Lipinski definition) is 4. The van der Waals surface area contributed by atoms with Crippen LogP contribution in [0.1, 0.15) is 19.8 Å². The zero-order chi connectivity index (χ0) is 9.43. The lowest BCUT2D eigenvalue weighted by molar-refractivity contribution is 0.116. The SMILES string of the molecule is CC12CC3CC1S(=O)(=O)OC2C3N. The Labute approximate surface area is 77.6 Å². The van der Waals surface area contributed by atoms with Crippen LogP contribution in [0.15, 0.2) is 0 Å². The molecule has 1 heterocycles. The molecule has 3 fully saturated rings. The third-order valence-electron chi connectivity index (χ3n) is 4.08. The minimum atomic E-state index is -3.30. The second-order valence-corrected chi connectivity index (χ2v) is 6.53. The van der Waals surface area contributed by atoms with E-state index in [0.717, 1.165) is 6.42 Å². The van der Waals surface area contributed by atoms with Gasteiger partial charge in [-0.15, -0.1) is 0 Å². The van der Waals surface area contributed by atoms with Gasteiger partial charge in [-0.1, -0.05) is 6.92 Å². The molecule has 0 spiro atoms. The minimum absolute atomic E-state index is 0.0708. The van der Waals surface area contributed by atoms with Crippen molar-refractivity contribution < 1.29 is 12.6 Å². The quantitative estimate of drug-likeness (QED) is 0.555. The summed E-state index contributed by atoms with van der Waals surface area (Å²) < 4.78 is 28.2. The van der Waals surface area contributed by atoms with E-state index in [2.05, 4.69) is 0 Å². The van der Waals surface area contributed by atoms with E-state index in [1.807, 2.05) is 6.92 Å². The predicted octanol–water partition coefficient (Wildman–Crippen LogP) is -0.159. The summed E-state index contributed by atoms with van der Waals surface area (Å²) in [5, 5.41) is -0.283. The van der Waals surface area contributed by atoms with Crippen molar-refractivity contribution in [2.75, 3.05) is 0 Å². The van der Waals surface area contributed by atoms with Crippen LogP contribution in [0.4, 0.5) is 0 Å². The van der Waals surface area contributed by atoms with Crippen LogP contribution in [0.5, 0.6) is 0 Å². The van der Waals surface area contributed by atoms with Gasteiger partial charge >= 0.3 is 0 Å². The van der Waals surface area contributed by atoms with Gasteiger partial charge < -0.3 is 5.73 Å². The summed E-state index contributed by atoms with van der Waals surface area (Å²) in [7, 11) is -3.30. The third kappa shape index (κ3) is 0.727. The predicted molar refractivity (Wildman–Crippen MR) is 46.4 cm³/mol. The van der Waals surface area contributed by atoms with Gasteiger partial charge in [-0.2, -0.15) is 8.42 Å². The average molecular weight is 203 g/mol. The third-order valence-corrected chi connectivity index (χ3v) is 5.99. The van der Waals surface area contributed by atoms with Crippen molar-refractivity contribution in [3.8, 4) is 0 Å². The van der Waals surface area contributed by atoms with Gasteiger partial charge in [0, 0.05) is 11.5 Å². The molecule has 2 saturated carbocycles. The number of rotatable bonds is 0. The highest BCUT2D eigenvalue weighted by Crippen LogP contribution is 2.61. The van der Waals surface area contributed by atoms with Crippen molar-refractivity contribution in [3.63, 3.8) is 0 Å². The van der Waals surface area contributed by atoms with Gasteiger partial charge in [0.25, 0.3) is 10.1 Å². The van der Waals surface area contributed by atoms with Crippen molar-refractivity contribution in [1.82, 2.24) is 0 Å². The maximum absolute atomic E-state index is 11.6. The van der Waals surface area contributed by atoms with Gasteiger partial charge in [0.15, 0.2) is 0 Å². The summed E-state index contributed by atoms with van der Waals surface area (Å²) in [5.41, 5.74) is 5.73. The minimum Gasteiger partial charge on any atom is -0.325 e. The molecule has 13 heavy (non-hydrogen) atoms. The molecule has 3 aliphatic rings. The molecule has 5 atom stereocenters. The molecule has 1 aliphatic heterocycles. The number of fused-ring (bicyclic) bond motifs is 1. The van der Waals surface area contributed by atoms with Crippen LogP contribution in [0.25, 0.3) is 0 Å². The summed E-state index contributed by atoms with van der Waals surface area (Å²) in [6.07, 6.45) is 1.38. The molecule has 0 amide bonds. The van der Waals surface area contributed by atoms with Crippen LogP contribution in [-0.2, 0) is 14.3 Å². The molecule has 4 nitrogen and oxygen atoms in total. The van der Waals surface area contributed by atoms with E-state index >= 15 is 0 Å². The monoisotopic (exact) mass is 203 g/mol. The fourth-order valence-corrected chi connectivity index (χ4v) is 5.58. The second kappa shape index (κ2) is 1.94. The van der Waals surface area contributed by atoms with Gasteiger partial charge in [-0.3, -0.25) is 4.18 Å². The van der Waals surface area contributed by atoms with Crippen LogP contribution in [0.2, 0.25) is 0 Å². The first-order valence-electron chi connectivity index (χ1n) is 4.63. The van der Waals surface area contributed by atoms with Crippen molar-refractivity contribution in [1.29, 1.82) is 0 Å². The highest BCUT2D eigenvalue weighted by molar-refractivity contribution is 7.87. The molecule has 5 heteroatoms. The van der Waals surface area contributed by atoms with E-state index in [9.17, 15) is 8.42 Å². The zero-order valence-corrected chi connectivity index (χ0v) is 8.25. The van der Waals surface area contributed by atoms with Crippen LogP contribution in [-0.4, -0.2) is 25.8 Å². The van der Waals surface area contributed by atoms with Gasteiger partial charge in [0.1, 0.15) is 0 Å². The van der Waals surface area contributed by atoms with E-state index in [1.54, 1.807) is 0 Å². The molecule has 0 aromatic heterocycles. The molecule has 2 aliphatic carbocycles. The second-order valence-electron chi connectivity index (χ2n) is 4.78. The van der Waals surface area contributed by atoms with Gasteiger partial charge in [-0.25, -0.2) is 0 Å². The Kier molecular flexibility index (Phi) is 1.23. The van der Waals surface area contributed by atoms with Crippen molar-refractivity contribution in [2.45, 2.75) is 37.2 Å². The molecular formula is C8H13NO3S. The van der Waals surface area contributed by atoms with Crippen LogP contribution >= 0.6 is 0 Å². The van der Waals surface area contributed by atoms with Crippen molar-refractivity contribution >= 4 is 10.1 Å². The zero-order valence-electron chi connectivity index (χ0n) is 7.43.